The Bertz CT molecular complexity index is 378. The lowest BCUT2D eigenvalue weighted by molar-refractivity contribution is -0.164. The molecule has 0 aromatic rings. The molecule has 7 heteroatoms. The fraction of sp³-hybridized carbons (Fsp3) is 0.800. The molecule has 0 radical (unpaired) electrons. The van der Waals surface area contributed by atoms with E-state index in [1.165, 1.54) is 6.42 Å². The quantitative estimate of drug-likeness (QED) is 0.518. The Morgan fingerprint density at radius 3 is 1.77 bits per heavy atom. The van der Waals surface area contributed by atoms with E-state index in [9.17, 15) is 19.5 Å². The summed E-state index contributed by atoms with van der Waals surface area (Å²) in [6, 6.07) is -0.992. The van der Waals surface area contributed by atoms with E-state index in [0.29, 0.717) is 0 Å². The molecule has 0 aromatic carbocycles. The van der Waals surface area contributed by atoms with Gasteiger partial charge in [-0.2, -0.15) is 0 Å². The van der Waals surface area contributed by atoms with Crippen LogP contribution in [0.25, 0.3) is 0 Å². The lowest BCUT2D eigenvalue weighted by Crippen LogP contribution is -2.56. The lowest BCUT2D eigenvalue weighted by Gasteiger charge is -2.22. The summed E-state index contributed by atoms with van der Waals surface area (Å²) in [5, 5.41) is 20.1. The van der Waals surface area contributed by atoms with E-state index in [1.807, 2.05) is 13.8 Å². The summed E-state index contributed by atoms with van der Waals surface area (Å²) in [6.45, 7) is 11.1. The number of carbonyl (C=O) groups is 3. The van der Waals surface area contributed by atoms with E-state index in [4.69, 9.17) is 10.8 Å². The van der Waals surface area contributed by atoms with Crippen molar-refractivity contribution in [2.24, 2.45) is 17.6 Å². The molecule has 7 nitrogen and oxygen atoms in total. The van der Waals surface area contributed by atoms with Crippen LogP contribution in [0.3, 0.4) is 0 Å². The van der Waals surface area contributed by atoms with Crippen LogP contribution in [0, 0.1) is 11.8 Å². The van der Waals surface area contributed by atoms with Gasteiger partial charge in [0.05, 0.1) is 0 Å². The van der Waals surface area contributed by atoms with Gasteiger partial charge in [-0.15, -0.1) is 0 Å². The number of carbonyl (C=O) groups excluding carboxylic acids is 2. The number of carboxylic acid groups (broad SMARTS) is 1. The molecule has 0 aliphatic rings. The summed E-state index contributed by atoms with van der Waals surface area (Å²) in [4.78, 5) is 33.1. The molecule has 0 aliphatic carbocycles. The molecule has 22 heavy (non-hydrogen) atoms. The minimum atomic E-state index is -2.58. The smallest absolute Gasteiger partial charge is 0.345 e. The minimum Gasteiger partial charge on any atom is -0.479 e. The van der Waals surface area contributed by atoms with Gasteiger partial charge in [-0.3, -0.25) is 9.59 Å². The van der Waals surface area contributed by atoms with Crippen molar-refractivity contribution in [1.29, 1.82) is 0 Å². The molecular formula is C15H30N2O5. The van der Waals surface area contributed by atoms with E-state index in [2.05, 4.69) is 26.1 Å². The van der Waals surface area contributed by atoms with Gasteiger partial charge in [0, 0.05) is 0 Å². The molecule has 0 heterocycles. The number of hydrogen-bond acceptors (Lipinski definition) is 4. The third-order valence-electron chi connectivity index (χ3n) is 3.03. The van der Waals surface area contributed by atoms with Crippen LogP contribution in [-0.2, 0) is 14.4 Å². The van der Waals surface area contributed by atoms with Gasteiger partial charge < -0.3 is 21.3 Å². The van der Waals surface area contributed by atoms with E-state index in [1.54, 1.807) is 0 Å². The number of primary amides is 1. The van der Waals surface area contributed by atoms with Crippen molar-refractivity contribution in [2.45, 2.75) is 66.0 Å². The first-order valence-electron chi connectivity index (χ1n) is 7.42. The van der Waals surface area contributed by atoms with Crippen LogP contribution in [0.4, 0.5) is 0 Å². The Labute approximate surface area is 132 Å². The molecule has 2 amide bonds. The summed E-state index contributed by atoms with van der Waals surface area (Å²) in [6.07, 6.45) is 1.58. The zero-order valence-electron chi connectivity index (χ0n) is 14.3. The molecule has 0 rings (SSSR count). The topological polar surface area (TPSA) is 130 Å². The van der Waals surface area contributed by atoms with Gasteiger partial charge >= 0.3 is 5.97 Å². The van der Waals surface area contributed by atoms with E-state index in [0.717, 1.165) is 12.8 Å². The molecular weight excluding hydrogens is 288 g/mol. The number of hydrogen-bond donors (Lipinski definition) is 4. The number of nitrogens with one attached hydrogen (secondary N) is 1. The lowest BCUT2D eigenvalue weighted by atomic mass is 10.0. The maximum atomic E-state index is 11.5. The van der Waals surface area contributed by atoms with Crippen molar-refractivity contribution in [2.75, 3.05) is 0 Å². The number of aliphatic carboxylic acids is 1. The highest BCUT2D eigenvalue weighted by Crippen LogP contribution is 2.08. The van der Waals surface area contributed by atoms with Crippen LogP contribution in [-0.4, -0.2) is 39.6 Å². The van der Waals surface area contributed by atoms with Crippen molar-refractivity contribution < 1.29 is 24.6 Å². The number of carboxylic acids is 1. The van der Waals surface area contributed by atoms with Crippen LogP contribution in [0.5, 0.6) is 0 Å². The van der Waals surface area contributed by atoms with Gasteiger partial charge in [0.1, 0.15) is 6.04 Å². The predicted molar refractivity (Wildman–Crippen MR) is 84.0 cm³/mol. The van der Waals surface area contributed by atoms with Gasteiger partial charge in [0.2, 0.25) is 11.5 Å². The van der Waals surface area contributed by atoms with Crippen LogP contribution in [0.2, 0.25) is 0 Å². The molecule has 130 valence electrons. The van der Waals surface area contributed by atoms with Crippen molar-refractivity contribution in [3.8, 4) is 0 Å². The highest BCUT2D eigenvalue weighted by molar-refractivity contribution is 6.05. The van der Waals surface area contributed by atoms with Crippen LogP contribution in [0.15, 0.2) is 0 Å². The standard InChI is InChI=1S/C10H18N2O5.C5H12/c1-5(2)4-6(7(11)13)12-8(14)10(3,17)9(15)16;1-4-5(2)3/h5-6,17H,4H2,1-3H3,(H2,11,13)(H,12,14)(H,15,16);5H,4H2,1-3H3. The van der Waals surface area contributed by atoms with Gasteiger partial charge in [0.25, 0.3) is 5.91 Å². The van der Waals surface area contributed by atoms with E-state index < -0.39 is 29.4 Å². The Kier molecular flexibility index (Phi) is 10.5. The SMILES string of the molecule is CC(C)CC(NC(=O)C(C)(O)C(=O)O)C(N)=O.CCC(C)C. The second-order valence-corrected chi connectivity index (χ2v) is 6.24. The number of rotatable bonds is 7. The normalized spacial score (nSPS) is 14.6. The third-order valence-corrected chi connectivity index (χ3v) is 3.03. The van der Waals surface area contributed by atoms with Crippen molar-refractivity contribution in [1.82, 2.24) is 5.32 Å². The Morgan fingerprint density at radius 2 is 1.55 bits per heavy atom. The van der Waals surface area contributed by atoms with E-state index >= 15 is 0 Å². The minimum absolute atomic E-state index is 0.0857. The van der Waals surface area contributed by atoms with Crippen LogP contribution < -0.4 is 11.1 Å². The largest absolute Gasteiger partial charge is 0.479 e. The van der Waals surface area contributed by atoms with Gasteiger partial charge in [-0.25, -0.2) is 4.79 Å². The molecule has 0 saturated heterocycles. The summed E-state index contributed by atoms with van der Waals surface area (Å²) in [7, 11) is 0. The first kappa shape index (κ1) is 22.6. The fourth-order valence-corrected chi connectivity index (χ4v) is 1.11. The molecule has 2 atom stereocenters. The van der Waals surface area contributed by atoms with Gasteiger partial charge in [0.15, 0.2) is 0 Å². The highest BCUT2D eigenvalue weighted by atomic mass is 16.4. The molecule has 0 aliphatic heterocycles. The summed E-state index contributed by atoms with van der Waals surface area (Å²) >= 11 is 0. The molecule has 0 saturated carbocycles. The monoisotopic (exact) mass is 318 g/mol. The number of amides is 2. The Balaban J connectivity index is 0. The average Bonchev–Trinajstić information content (AvgIpc) is 2.37. The maximum Gasteiger partial charge on any atom is 0.345 e. The first-order chi connectivity index (χ1) is 9.86. The predicted octanol–water partition coefficient (Wildman–Crippen LogP) is 0.891. The van der Waals surface area contributed by atoms with Crippen molar-refractivity contribution in [3.05, 3.63) is 0 Å². The zero-order chi connectivity index (χ0) is 18.1. The number of aliphatic hydroxyl groups is 1. The second kappa shape index (κ2) is 10.2. The first-order valence-corrected chi connectivity index (χ1v) is 7.42. The summed E-state index contributed by atoms with van der Waals surface area (Å²) in [5.74, 6) is -2.65. The zero-order valence-corrected chi connectivity index (χ0v) is 14.3. The van der Waals surface area contributed by atoms with Crippen molar-refractivity contribution >= 4 is 17.8 Å². The fourth-order valence-electron chi connectivity index (χ4n) is 1.11. The summed E-state index contributed by atoms with van der Waals surface area (Å²) in [5.41, 5.74) is 2.49. The second-order valence-electron chi connectivity index (χ2n) is 6.24. The average molecular weight is 318 g/mol. The molecule has 2 unspecified atom stereocenters. The number of nitrogens with two attached hydrogens (primary N) is 1. The molecule has 5 N–H and O–H groups in total. The highest BCUT2D eigenvalue weighted by Gasteiger charge is 2.40. The Morgan fingerprint density at radius 1 is 1.14 bits per heavy atom. The third kappa shape index (κ3) is 9.33. The van der Waals surface area contributed by atoms with Gasteiger partial charge in [-0.1, -0.05) is 41.0 Å². The summed E-state index contributed by atoms with van der Waals surface area (Å²) < 4.78 is 0. The van der Waals surface area contributed by atoms with Crippen LogP contribution >= 0.6 is 0 Å². The molecule has 0 spiro atoms. The Hall–Kier alpha value is -1.63. The molecule has 0 fully saturated rings. The molecule has 0 bridgehead atoms. The van der Waals surface area contributed by atoms with Crippen molar-refractivity contribution in [3.63, 3.8) is 0 Å². The maximum absolute atomic E-state index is 11.5. The van der Waals surface area contributed by atoms with Gasteiger partial charge in [-0.05, 0) is 25.2 Å². The van der Waals surface area contributed by atoms with Crippen LogP contribution in [0.1, 0.15) is 54.4 Å². The molecule has 0 aromatic heterocycles. The van der Waals surface area contributed by atoms with E-state index in [-0.39, 0.29) is 12.3 Å².